The van der Waals surface area contributed by atoms with Crippen molar-refractivity contribution < 1.29 is 0 Å². The number of hydrogen-bond donors (Lipinski definition) is 1. The standard InChI is InChI=1S/C10H19N3/c1-10(2,3)9-7-8(5-6-11)13(4)12-9/h7H,5-6,11H2,1-4H3. The van der Waals surface area contributed by atoms with Gasteiger partial charge in [-0.25, -0.2) is 0 Å². The molecule has 0 unspecified atom stereocenters. The lowest BCUT2D eigenvalue weighted by Crippen LogP contribution is -2.12. The smallest absolute Gasteiger partial charge is 0.0680 e. The Bertz CT molecular complexity index is 281. The van der Waals surface area contributed by atoms with E-state index >= 15 is 0 Å². The number of aryl methyl sites for hydroxylation is 1. The molecular formula is C10H19N3. The van der Waals surface area contributed by atoms with E-state index in [2.05, 4.69) is 31.9 Å². The first-order valence-electron chi connectivity index (χ1n) is 4.68. The minimum atomic E-state index is 0.130. The predicted molar refractivity (Wildman–Crippen MR) is 54.7 cm³/mol. The zero-order valence-electron chi connectivity index (χ0n) is 8.96. The third-order valence-electron chi connectivity index (χ3n) is 2.15. The van der Waals surface area contributed by atoms with Gasteiger partial charge in [-0.3, -0.25) is 4.68 Å². The molecule has 0 amide bonds. The number of nitrogens with two attached hydrogens (primary N) is 1. The maximum atomic E-state index is 5.51. The average Bonchev–Trinajstić information content (AvgIpc) is 2.32. The summed E-state index contributed by atoms with van der Waals surface area (Å²) in [6.45, 7) is 7.19. The quantitative estimate of drug-likeness (QED) is 0.745. The minimum absolute atomic E-state index is 0.130. The molecule has 0 aliphatic rings. The van der Waals surface area contributed by atoms with Gasteiger partial charge >= 0.3 is 0 Å². The Balaban J connectivity index is 2.95. The van der Waals surface area contributed by atoms with Gasteiger partial charge in [0.1, 0.15) is 0 Å². The van der Waals surface area contributed by atoms with Gasteiger partial charge in [0, 0.05) is 24.6 Å². The van der Waals surface area contributed by atoms with E-state index in [1.54, 1.807) is 0 Å². The molecule has 0 atom stereocenters. The molecular weight excluding hydrogens is 162 g/mol. The summed E-state index contributed by atoms with van der Waals surface area (Å²) in [6, 6.07) is 2.15. The lowest BCUT2D eigenvalue weighted by Gasteiger charge is -2.13. The summed E-state index contributed by atoms with van der Waals surface area (Å²) in [7, 11) is 1.97. The molecule has 0 aromatic carbocycles. The summed E-state index contributed by atoms with van der Waals surface area (Å²) in [6.07, 6.45) is 0.902. The van der Waals surface area contributed by atoms with Crippen LogP contribution in [0.1, 0.15) is 32.2 Å². The second-order valence-corrected chi connectivity index (χ2v) is 4.43. The van der Waals surface area contributed by atoms with Crippen molar-refractivity contribution in [1.82, 2.24) is 9.78 Å². The van der Waals surface area contributed by atoms with E-state index in [0.29, 0.717) is 6.54 Å². The summed E-state index contributed by atoms with van der Waals surface area (Å²) in [5.41, 5.74) is 7.99. The number of nitrogens with zero attached hydrogens (tertiary/aromatic N) is 2. The van der Waals surface area contributed by atoms with Crippen molar-refractivity contribution >= 4 is 0 Å². The van der Waals surface area contributed by atoms with Crippen LogP contribution in [0.4, 0.5) is 0 Å². The molecule has 1 rings (SSSR count). The molecule has 0 bridgehead atoms. The Morgan fingerprint density at radius 2 is 2.08 bits per heavy atom. The topological polar surface area (TPSA) is 43.8 Å². The molecule has 1 heterocycles. The number of aromatic nitrogens is 2. The molecule has 0 fully saturated rings. The van der Waals surface area contributed by atoms with Crippen molar-refractivity contribution in [3.63, 3.8) is 0 Å². The summed E-state index contributed by atoms with van der Waals surface area (Å²) in [4.78, 5) is 0. The molecule has 0 aliphatic heterocycles. The van der Waals surface area contributed by atoms with E-state index in [9.17, 15) is 0 Å². The van der Waals surface area contributed by atoms with Crippen LogP contribution in [0, 0.1) is 0 Å². The summed E-state index contributed by atoms with van der Waals surface area (Å²) in [5, 5.41) is 4.46. The van der Waals surface area contributed by atoms with E-state index < -0.39 is 0 Å². The largest absolute Gasteiger partial charge is 0.330 e. The summed E-state index contributed by atoms with van der Waals surface area (Å²) < 4.78 is 1.92. The highest BCUT2D eigenvalue weighted by Crippen LogP contribution is 2.21. The Morgan fingerprint density at radius 3 is 2.46 bits per heavy atom. The van der Waals surface area contributed by atoms with Crippen LogP contribution < -0.4 is 5.73 Å². The fraction of sp³-hybridized carbons (Fsp3) is 0.700. The van der Waals surface area contributed by atoms with Crippen LogP contribution in [-0.2, 0) is 18.9 Å². The molecule has 0 spiro atoms. The molecule has 0 saturated heterocycles. The van der Waals surface area contributed by atoms with Crippen LogP contribution in [0.25, 0.3) is 0 Å². The Labute approximate surface area is 79.9 Å². The highest BCUT2D eigenvalue weighted by Gasteiger charge is 2.18. The van der Waals surface area contributed by atoms with E-state index in [1.807, 2.05) is 11.7 Å². The lowest BCUT2D eigenvalue weighted by atomic mass is 9.92. The van der Waals surface area contributed by atoms with Gasteiger partial charge in [0.05, 0.1) is 5.69 Å². The minimum Gasteiger partial charge on any atom is -0.330 e. The van der Waals surface area contributed by atoms with Crippen molar-refractivity contribution in [3.05, 3.63) is 17.5 Å². The monoisotopic (exact) mass is 181 g/mol. The van der Waals surface area contributed by atoms with Crippen LogP contribution >= 0.6 is 0 Å². The normalized spacial score (nSPS) is 12.1. The fourth-order valence-electron chi connectivity index (χ4n) is 1.25. The maximum absolute atomic E-state index is 5.51. The van der Waals surface area contributed by atoms with Crippen LogP contribution in [-0.4, -0.2) is 16.3 Å². The van der Waals surface area contributed by atoms with Crippen LogP contribution in [0.5, 0.6) is 0 Å². The molecule has 0 saturated carbocycles. The number of rotatable bonds is 2. The van der Waals surface area contributed by atoms with Gasteiger partial charge in [-0.1, -0.05) is 20.8 Å². The molecule has 13 heavy (non-hydrogen) atoms. The first-order valence-corrected chi connectivity index (χ1v) is 4.68. The second-order valence-electron chi connectivity index (χ2n) is 4.43. The lowest BCUT2D eigenvalue weighted by molar-refractivity contribution is 0.551. The molecule has 3 nitrogen and oxygen atoms in total. The molecule has 2 N–H and O–H groups in total. The van der Waals surface area contributed by atoms with Gasteiger partial charge < -0.3 is 5.73 Å². The Hall–Kier alpha value is -0.830. The third kappa shape index (κ3) is 2.31. The van der Waals surface area contributed by atoms with Crippen LogP contribution in [0.15, 0.2) is 6.07 Å². The SMILES string of the molecule is Cn1nc(C(C)(C)C)cc1CCN. The molecule has 1 aromatic rings. The van der Waals surface area contributed by atoms with Gasteiger partial charge in [-0.2, -0.15) is 5.10 Å². The average molecular weight is 181 g/mol. The highest BCUT2D eigenvalue weighted by molar-refractivity contribution is 5.17. The summed E-state index contributed by atoms with van der Waals surface area (Å²) in [5.74, 6) is 0. The van der Waals surface area contributed by atoms with Crippen molar-refractivity contribution in [1.29, 1.82) is 0 Å². The Kier molecular flexibility index (Phi) is 2.76. The predicted octanol–water partition coefficient (Wildman–Crippen LogP) is 1.22. The van der Waals surface area contributed by atoms with Crippen LogP contribution in [0.2, 0.25) is 0 Å². The van der Waals surface area contributed by atoms with Gasteiger partial charge in [0.15, 0.2) is 0 Å². The molecule has 0 aliphatic carbocycles. The molecule has 74 valence electrons. The van der Waals surface area contributed by atoms with Gasteiger partial charge in [-0.15, -0.1) is 0 Å². The highest BCUT2D eigenvalue weighted by atomic mass is 15.3. The van der Waals surface area contributed by atoms with Gasteiger partial charge in [-0.05, 0) is 12.6 Å². The van der Waals surface area contributed by atoms with E-state index in [-0.39, 0.29) is 5.41 Å². The van der Waals surface area contributed by atoms with Gasteiger partial charge in [0.2, 0.25) is 0 Å². The first kappa shape index (κ1) is 10.3. The van der Waals surface area contributed by atoms with E-state index in [4.69, 9.17) is 5.73 Å². The van der Waals surface area contributed by atoms with Crippen molar-refractivity contribution in [2.75, 3.05) is 6.54 Å². The second kappa shape index (κ2) is 3.50. The zero-order valence-corrected chi connectivity index (χ0v) is 8.96. The van der Waals surface area contributed by atoms with Gasteiger partial charge in [0.25, 0.3) is 0 Å². The molecule has 3 heteroatoms. The molecule has 1 aromatic heterocycles. The van der Waals surface area contributed by atoms with Crippen molar-refractivity contribution in [2.24, 2.45) is 12.8 Å². The van der Waals surface area contributed by atoms with Crippen LogP contribution in [0.3, 0.4) is 0 Å². The maximum Gasteiger partial charge on any atom is 0.0680 e. The van der Waals surface area contributed by atoms with E-state index in [1.165, 1.54) is 5.69 Å². The van der Waals surface area contributed by atoms with Crippen molar-refractivity contribution in [3.8, 4) is 0 Å². The fourth-order valence-corrected chi connectivity index (χ4v) is 1.25. The number of hydrogen-bond acceptors (Lipinski definition) is 2. The van der Waals surface area contributed by atoms with E-state index in [0.717, 1.165) is 12.1 Å². The molecule has 0 radical (unpaired) electrons. The Morgan fingerprint density at radius 1 is 1.46 bits per heavy atom. The first-order chi connectivity index (χ1) is 5.95. The zero-order chi connectivity index (χ0) is 10.1. The third-order valence-corrected chi connectivity index (χ3v) is 2.15. The summed E-state index contributed by atoms with van der Waals surface area (Å²) >= 11 is 0. The van der Waals surface area contributed by atoms with Crippen molar-refractivity contribution in [2.45, 2.75) is 32.6 Å².